The van der Waals surface area contributed by atoms with Gasteiger partial charge in [-0.3, -0.25) is 28.8 Å². The van der Waals surface area contributed by atoms with Crippen LogP contribution in [0.15, 0.2) is 85.1 Å². The second-order valence-electron chi connectivity index (χ2n) is 15.4. The molecule has 0 aliphatic carbocycles. The highest BCUT2D eigenvalue weighted by atomic mass is 32.1. The molecule has 1 aromatic heterocycles. The minimum Gasteiger partial charge on any atom is -0.508 e. The number of hydrogen-bond donors (Lipinski definition) is 10. The number of hydrogen-bond acceptors (Lipinski definition) is 10. The fourth-order valence-electron chi connectivity index (χ4n) is 7.37. The monoisotopic (exact) mass is 856 g/mol. The Labute approximate surface area is 360 Å². The maximum atomic E-state index is 14.5. The molecule has 0 spiro atoms. The molecular weight excluding hydrogens is 801 g/mol. The highest BCUT2D eigenvalue weighted by Gasteiger charge is 2.38. The first-order chi connectivity index (χ1) is 29.3. The number of unbranched alkanes of at least 4 members (excludes halogenated alkanes) is 1. The number of fused-ring (bicyclic) bond motifs is 1. The first kappa shape index (κ1) is 46.2. The van der Waals surface area contributed by atoms with Crippen LogP contribution in [0.1, 0.15) is 49.3 Å². The molecule has 5 rings (SSSR count). The van der Waals surface area contributed by atoms with Crippen LogP contribution >= 0.6 is 12.6 Å². The number of aliphatic hydroxyl groups excluding tert-OH is 1. The first-order valence-corrected chi connectivity index (χ1v) is 21.1. The Morgan fingerprint density at radius 1 is 0.672 bits per heavy atom. The summed E-state index contributed by atoms with van der Waals surface area (Å²) >= 11 is 4.37. The zero-order chi connectivity index (χ0) is 44.1. The van der Waals surface area contributed by atoms with E-state index in [-0.39, 0.29) is 43.6 Å². The lowest BCUT2D eigenvalue weighted by molar-refractivity contribution is -0.143. The van der Waals surface area contributed by atoms with Crippen LogP contribution < -0.4 is 32.3 Å². The zero-order valence-corrected chi connectivity index (χ0v) is 35.2. The molecule has 0 radical (unpaired) electrons. The van der Waals surface area contributed by atoms with Crippen LogP contribution in [0.2, 0.25) is 0 Å². The third kappa shape index (κ3) is 12.6. The Balaban J connectivity index is 1.60. The minimum absolute atomic E-state index is 0.00615. The molecule has 10 N–H and O–H groups in total. The fourth-order valence-corrected chi connectivity index (χ4v) is 7.62. The molecule has 1 saturated heterocycles. The number of carbonyl (C=O) groups is 6. The molecule has 4 aromatic rings. The summed E-state index contributed by atoms with van der Waals surface area (Å²) < 4.78 is 0. The van der Waals surface area contributed by atoms with E-state index in [1.165, 1.54) is 31.0 Å². The summed E-state index contributed by atoms with van der Waals surface area (Å²) in [5.41, 5.74) is 8.50. The molecule has 61 heavy (non-hydrogen) atoms. The number of amides is 6. The highest BCUT2D eigenvalue weighted by Crippen LogP contribution is 2.20. The van der Waals surface area contributed by atoms with E-state index in [4.69, 9.17) is 5.73 Å². The van der Waals surface area contributed by atoms with Crippen molar-refractivity contribution in [2.45, 2.75) is 94.2 Å². The number of carbonyl (C=O) groups excluding carboxylic acids is 6. The standard InChI is InChI=1S/C44H56N8O8S/c1-26(53)38-43(59)50-36(23-27-10-4-3-5-11-27)44(60)52(2)37(19-21-61)42(58)49-34(22-28-15-17-30(54)18-16-28)40(56)48-35(24-29-25-46-32-13-7-6-12-31(29)32)41(57)47-33(39(55)51-38)14-8-9-20-45/h3-7,10-13,15-18,25-26,33-38,46,53-54,61H,8-9,14,19-24,45H2,1-2H3,(H,47,57)(H,48,56)(H,49,58)(H,50,59)(H,51,55)/t26?,33-,34-,35+,36-,37-,38-/m0/s1. The number of H-pyrrole nitrogens is 1. The minimum atomic E-state index is -1.56. The Morgan fingerprint density at radius 2 is 1.25 bits per heavy atom. The van der Waals surface area contributed by atoms with Crippen molar-refractivity contribution < 1.29 is 39.0 Å². The summed E-state index contributed by atoms with van der Waals surface area (Å²) in [6.07, 6.45) is 1.26. The van der Waals surface area contributed by atoms with Gasteiger partial charge in [-0.1, -0.05) is 60.7 Å². The van der Waals surface area contributed by atoms with E-state index in [1.807, 2.05) is 24.3 Å². The fraction of sp³-hybridized carbons (Fsp3) is 0.409. The number of para-hydroxylation sites is 1. The number of aromatic amines is 1. The molecule has 17 heteroatoms. The average Bonchev–Trinajstić information content (AvgIpc) is 3.66. The van der Waals surface area contributed by atoms with Crippen LogP contribution in [0, 0.1) is 0 Å². The summed E-state index contributed by atoms with van der Waals surface area (Å²) in [4.78, 5) is 90.3. The van der Waals surface area contributed by atoms with Gasteiger partial charge in [-0.2, -0.15) is 12.6 Å². The number of aliphatic hydroxyl groups is 1. The van der Waals surface area contributed by atoms with Gasteiger partial charge in [0.25, 0.3) is 0 Å². The Kier molecular flexibility index (Phi) is 16.7. The Hall–Kier alpha value is -5.91. The zero-order valence-electron chi connectivity index (χ0n) is 34.3. The van der Waals surface area contributed by atoms with Crippen LogP contribution in [-0.4, -0.2) is 117 Å². The number of nitrogens with zero attached hydrogens (tertiary/aromatic N) is 1. The van der Waals surface area contributed by atoms with E-state index in [1.54, 1.807) is 48.7 Å². The molecular formula is C44H56N8O8S. The van der Waals surface area contributed by atoms with Crippen molar-refractivity contribution in [3.8, 4) is 5.75 Å². The van der Waals surface area contributed by atoms with Crippen LogP contribution in [0.25, 0.3) is 10.9 Å². The molecule has 7 atom stereocenters. The molecule has 326 valence electrons. The van der Waals surface area contributed by atoms with Crippen molar-refractivity contribution in [1.82, 2.24) is 36.5 Å². The summed E-state index contributed by atoms with van der Waals surface area (Å²) in [5, 5.41) is 35.4. The van der Waals surface area contributed by atoms with Gasteiger partial charge in [-0.15, -0.1) is 0 Å². The van der Waals surface area contributed by atoms with Crippen molar-refractivity contribution in [3.05, 3.63) is 102 Å². The lowest BCUT2D eigenvalue weighted by Gasteiger charge is -2.33. The molecule has 2 heterocycles. The van der Waals surface area contributed by atoms with E-state index in [0.29, 0.717) is 36.1 Å². The molecule has 1 aliphatic heterocycles. The summed E-state index contributed by atoms with van der Waals surface area (Å²) in [6, 6.07) is 14.5. The van der Waals surface area contributed by atoms with Gasteiger partial charge in [0, 0.05) is 43.4 Å². The normalized spacial score (nSPS) is 22.9. The molecule has 0 saturated carbocycles. The smallest absolute Gasteiger partial charge is 0.245 e. The number of aromatic nitrogens is 1. The Bertz CT molecular complexity index is 2130. The largest absolute Gasteiger partial charge is 0.508 e. The van der Waals surface area contributed by atoms with E-state index < -0.39 is 77.8 Å². The highest BCUT2D eigenvalue weighted by molar-refractivity contribution is 7.80. The molecule has 1 fully saturated rings. The number of aromatic hydroxyl groups is 1. The van der Waals surface area contributed by atoms with Gasteiger partial charge in [0.1, 0.15) is 42.0 Å². The summed E-state index contributed by atoms with van der Waals surface area (Å²) in [6.45, 7) is 1.63. The molecule has 0 bridgehead atoms. The SMILES string of the molecule is CC(O)[C@@H]1NC(=O)[C@H](CCCCN)NC(=O)[C@@H](Cc2c[nH]c3ccccc23)NC(=O)[C@H](Cc2ccc(O)cc2)NC(=O)[C@H](CCS)N(C)C(=O)[C@H](Cc2ccccc2)NC1=O. The van der Waals surface area contributed by atoms with Crippen LogP contribution in [0.4, 0.5) is 0 Å². The van der Waals surface area contributed by atoms with E-state index in [0.717, 1.165) is 10.9 Å². The Morgan fingerprint density at radius 3 is 1.92 bits per heavy atom. The predicted molar refractivity (Wildman–Crippen MR) is 233 cm³/mol. The first-order valence-electron chi connectivity index (χ1n) is 20.4. The van der Waals surface area contributed by atoms with Crippen LogP contribution in [0.5, 0.6) is 5.75 Å². The number of likely N-dealkylation sites (N-methyl/N-ethyl adjacent to an activating group) is 1. The molecule has 3 aromatic carbocycles. The summed E-state index contributed by atoms with van der Waals surface area (Å²) in [5.74, 6) is -4.28. The van der Waals surface area contributed by atoms with Gasteiger partial charge >= 0.3 is 0 Å². The van der Waals surface area contributed by atoms with Gasteiger partial charge in [0.2, 0.25) is 35.4 Å². The number of benzene rings is 3. The maximum Gasteiger partial charge on any atom is 0.245 e. The van der Waals surface area contributed by atoms with Crippen molar-refractivity contribution in [2.24, 2.45) is 5.73 Å². The van der Waals surface area contributed by atoms with Gasteiger partial charge in [-0.25, -0.2) is 0 Å². The lowest BCUT2D eigenvalue weighted by Crippen LogP contribution is -2.63. The van der Waals surface area contributed by atoms with Crippen molar-refractivity contribution in [1.29, 1.82) is 0 Å². The summed E-state index contributed by atoms with van der Waals surface area (Å²) in [7, 11) is 1.41. The molecule has 1 aliphatic rings. The number of rotatable bonds is 13. The van der Waals surface area contributed by atoms with Gasteiger partial charge < -0.3 is 52.4 Å². The maximum absolute atomic E-state index is 14.5. The number of phenolic OH excluding ortho intramolecular Hbond substituents is 1. The van der Waals surface area contributed by atoms with Gasteiger partial charge in [0.15, 0.2) is 0 Å². The third-order valence-electron chi connectivity index (χ3n) is 10.8. The second kappa shape index (κ2) is 22.1. The van der Waals surface area contributed by atoms with E-state index >= 15 is 0 Å². The van der Waals surface area contributed by atoms with Crippen molar-refractivity contribution in [2.75, 3.05) is 19.3 Å². The van der Waals surface area contributed by atoms with Gasteiger partial charge in [0.05, 0.1) is 6.10 Å². The second-order valence-corrected chi connectivity index (χ2v) is 15.8. The molecule has 16 nitrogen and oxygen atoms in total. The number of thiol groups is 1. The molecule has 6 amide bonds. The number of nitrogens with two attached hydrogens (primary N) is 1. The topological polar surface area (TPSA) is 248 Å². The number of nitrogens with one attached hydrogen (secondary N) is 6. The number of phenols is 1. The van der Waals surface area contributed by atoms with Gasteiger partial charge in [-0.05, 0) is 79.8 Å². The van der Waals surface area contributed by atoms with E-state index in [9.17, 15) is 39.0 Å². The van der Waals surface area contributed by atoms with Crippen LogP contribution in [-0.2, 0) is 48.0 Å². The van der Waals surface area contributed by atoms with Crippen molar-refractivity contribution >= 4 is 59.0 Å². The van der Waals surface area contributed by atoms with Crippen LogP contribution in [0.3, 0.4) is 0 Å². The van der Waals surface area contributed by atoms with E-state index in [2.05, 4.69) is 44.2 Å². The lowest BCUT2D eigenvalue weighted by atomic mass is 10.00. The average molecular weight is 857 g/mol. The third-order valence-corrected chi connectivity index (χ3v) is 11.1. The van der Waals surface area contributed by atoms with Crippen molar-refractivity contribution in [3.63, 3.8) is 0 Å². The quantitative estimate of drug-likeness (QED) is 0.0680. The molecule has 1 unspecified atom stereocenters. The predicted octanol–water partition coefficient (Wildman–Crippen LogP) is 0.996.